The fraction of sp³-hybridized carbons (Fsp3) is 0.273. The van der Waals surface area contributed by atoms with E-state index in [4.69, 9.17) is 21.4 Å². The van der Waals surface area contributed by atoms with Crippen molar-refractivity contribution < 1.29 is 19.6 Å². The Bertz CT molecular complexity index is 1400. The average Bonchev–Trinajstić information content (AvgIpc) is 2.73. The molecule has 1 N–H and O–H groups in total. The highest BCUT2D eigenvalue weighted by atomic mass is 79.9. The maximum Gasteiger partial charge on any atom is 0.344 e. The van der Waals surface area contributed by atoms with Crippen molar-refractivity contribution in [2.45, 2.75) is 39.2 Å². The summed E-state index contributed by atoms with van der Waals surface area (Å²) in [6, 6.07) is 7.61. The van der Waals surface area contributed by atoms with Crippen LogP contribution in [0.3, 0.4) is 0 Å². The number of hydrogen-bond acceptors (Lipinski definition) is 7. The smallest absolute Gasteiger partial charge is 0.344 e. The number of aliphatic carboxylic acids is 1. The minimum Gasteiger partial charge on any atom is -0.479 e. The van der Waals surface area contributed by atoms with E-state index in [1.165, 1.54) is 19.2 Å². The summed E-state index contributed by atoms with van der Waals surface area (Å²) in [6.45, 7) is 6.86. The minimum absolute atomic E-state index is 0.173. The van der Waals surface area contributed by atoms with Crippen molar-refractivity contribution in [3.8, 4) is 5.75 Å². The number of carboxylic acids is 1. The van der Waals surface area contributed by atoms with E-state index in [-0.39, 0.29) is 16.3 Å². The Hall–Kier alpha value is -3.31. The zero-order chi connectivity index (χ0) is 25.4. The zero-order valence-electron chi connectivity index (χ0n) is 18.6. The van der Waals surface area contributed by atoms with Crippen LogP contribution in [0.5, 0.6) is 5.75 Å². The van der Waals surface area contributed by atoms with Crippen LogP contribution in [-0.2, 0) is 10.2 Å². The molecule has 3 aromatic rings. The van der Waals surface area contributed by atoms with E-state index in [9.17, 15) is 19.7 Å². The quantitative estimate of drug-likeness (QED) is 0.265. The third-order valence-electron chi connectivity index (χ3n) is 4.69. The first-order valence-corrected chi connectivity index (χ1v) is 11.1. The van der Waals surface area contributed by atoms with E-state index in [0.29, 0.717) is 21.2 Å². The molecule has 1 heterocycles. The van der Waals surface area contributed by atoms with Crippen molar-refractivity contribution in [1.29, 1.82) is 0 Å². The van der Waals surface area contributed by atoms with Crippen LogP contribution in [0.15, 0.2) is 44.7 Å². The van der Waals surface area contributed by atoms with Crippen LogP contribution in [0.25, 0.3) is 10.9 Å². The van der Waals surface area contributed by atoms with Crippen LogP contribution in [0.1, 0.15) is 39.1 Å². The molecule has 0 radical (unpaired) electrons. The zero-order valence-corrected chi connectivity index (χ0v) is 20.9. The lowest BCUT2D eigenvalue weighted by molar-refractivity contribution is -0.386. The highest BCUT2D eigenvalue weighted by Crippen LogP contribution is 2.36. The molecule has 0 aliphatic heterocycles. The largest absolute Gasteiger partial charge is 0.479 e. The molecular formula is C22H20BrClN4O6. The number of ether oxygens (including phenoxy) is 1. The second kappa shape index (κ2) is 9.51. The van der Waals surface area contributed by atoms with E-state index in [1.807, 2.05) is 20.8 Å². The summed E-state index contributed by atoms with van der Waals surface area (Å²) in [6.07, 6.45) is -0.113. The summed E-state index contributed by atoms with van der Waals surface area (Å²) in [4.78, 5) is 39.8. The van der Waals surface area contributed by atoms with Crippen molar-refractivity contribution in [3.05, 3.63) is 71.7 Å². The second-order valence-electron chi connectivity index (χ2n) is 8.41. The van der Waals surface area contributed by atoms with E-state index in [2.05, 4.69) is 26.0 Å². The van der Waals surface area contributed by atoms with E-state index < -0.39 is 33.7 Å². The highest BCUT2D eigenvalue weighted by Gasteiger charge is 2.25. The molecule has 0 saturated carbocycles. The topological polar surface area (TPSA) is 137 Å². The van der Waals surface area contributed by atoms with Gasteiger partial charge in [-0.15, -0.1) is 0 Å². The summed E-state index contributed by atoms with van der Waals surface area (Å²) in [5.74, 6) is -1.29. The number of carbonyl (C=O) groups is 1. The molecule has 34 heavy (non-hydrogen) atoms. The summed E-state index contributed by atoms with van der Waals surface area (Å²) in [5, 5.41) is 25.1. The number of aromatic nitrogens is 2. The Morgan fingerprint density at radius 3 is 2.62 bits per heavy atom. The van der Waals surface area contributed by atoms with Crippen LogP contribution < -0.4 is 10.3 Å². The number of halogens is 2. The summed E-state index contributed by atoms with van der Waals surface area (Å²) in [7, 11) is 0. The fourth-order valence-corrected chi connectivity index (χ4v) is 3.65. The van der Waals surface area contributed by atoms with Gasteiger partial charge in [0.1, 0.15) is 5.82 Å². The van der Waals surface area contributed by atoms with E-state index in [0.717, 1.165) is 10.7 Å². The molecule has 0 saturated heterocycles. The van der Waals surface area contributed by atoms with Gasteiger partial charge in [0, 0.05) is 21.5 Å². The normalized spacial score (nSPS) is 12.8. The van der Waals surface area contributed by atoms with Gasteiger partial charge in [-0.2, -0.15) is 9.78 Å². The number of nitrogens with zero attached hydrogens (tertiary/aromatic N) is 4. The predicted octanol–water partition coefficient (Wildman–Crippen LogP) is 4.75. The number of fused-ring (bicyclic) bond motifs is 1. The van der Waals surface area contributed by atoms with Crippen molar-refractivity contribution in [2.24, 2.45) is 5.10 Å². The third-order valence-corrected chi connectivity index (χ3v) is 5.46. The van der Waals surface area contributed by atoms with Crippen molar-refractivity contribution in [3.63, 3.8) is 0 Å². The van der Waals surface area contributed by atoms with Gasteiger partial charge >= 0.3 is 11.7 Å². The van der Waals surface area contributed by atoms with Gasteiger partial charge in [0.15, 0.2) is 6.10 Å². The molecule has 1 aromatic heterocycles. The maximum absolute atomic E-state index is 13.2. The average molecular weight is 552 g/mol. The van der Waals surface area contributed by atoms with Gasteiger partial charge in [0.05, 0.1) is 27.1 Å². The molecule has 3 rings (SSSR count). The number of nitro groups is 1. The molecule has 10 nitrogen and oxygen atoms in total. The van der Waals surface area contributed by atoms with Gasteiger partial charge in [-0.3, -0.25) is 14.9 Å². The molecule has 1 atom stereocenters. The van der Waals surface area contributed by atoms with Crippen molar-refractivity contribution >= 4 is 56.3 Å². The lowest BCUT2D eigenvalue weighted by Crippen LogP contribution is -2.29. The fourth-order valence-electron chi connectivity index (χ4n) is 3.02. The van der Waals surface area contributed by atoms with Crippen molar-refractivity contribution in [1.82, 2.24) is 9.66 Å². The van der Waals surface area contributed by atoms with Gasteiger partial charge in [0.2, 0.25) is 5.75 Å². The Morgan fingerprint density at radius 1 is 1.35 bits per heavy atom. The molecule has 0 spiro atoms. The first-order valence-electron chi connectivity index (χ1n) is 9.94. The van der Waals surface area contributed by atoms with Gasteiger partial charge in [-0.05, 0) is 31.2 Å². The predicted molar refractivity (Wildman–Crippen MR) is 131 cm³/mol. The minimum atomic E-state index is -1.35. The Kier molecular flexibility index (Phi) is 7.08. The molecule has 12 heteroatoms. The number of benzene rings is 2. The standard InChI is InChI=1S/C22H20BrClN4O6/c1-11(20(30)31)34-18-15(24)7-12(8-17(18)28(32)33)10-25-27-19(29)14-9-13(23)5-6-16(14)26-21(27)22(2,3)4/h5-11H,1-4H3,(H,30,31)/t11-/m1/s1. The molecule has 0 aliphatic rings. The third kappa shape index (κ3) is 5.26. The summed E-state index contributed by atoms with van der Waals surface area (Å²) in [5.41, 5.74) is -0.786. The molecule has 2 aromatic carbocycles. The maximum atomic E-state index is 13.2. The van der Waals surface area contributed by atoms with Gasteiger partial charge in [-0.25, -0.2) is 9.78 Å². The number of rotatable bonds is 6. The lowest BCUT2D eigenvalue weighted by Gasteiger charge is -2.20. The van der Waals surface area contributed by atoms with Gasteiger partial charge in [-0.1, -0.05) is 48.3 Å². The van der Waals surface area contributed by atoms with Crippen LogP contribution in [0.4, 0.5) is 5.69 Å². The summed E-state index contributed by atoms with van der Waals surface area (Å²) < 4.78 is 7.02. The first-order chi connectivity index (χ1) is 15.8. The van der Waals surface area contributed by atoms with Gasteiger partial charge in [0.25, 0.3) is 5.56 Å². The Balaban J connectivity index is 2.16. The molecular weight excluding hydrogens is 532 g/mol. The first kappa shape index (κ1) is 25.3. The second-order valence-corrected chi connectivity index (χ2v) is 9.74. The summed E-state index contributed by atoms with van der Waals surface area (Å²) >= 11 is 9.52. The van der Waals surface area contributed by atoms with Crippen LogP contribution in [-0.4, -0.2) is 38.0 Å². The van der Waals surface area contributed by atoms with Gasteiger partial charge < -0.3 is 9.84 Å². The molecule has 0 unspecified atom stereocenters. The Morgan fingerprint density at radius 2 is 2.03 bits per heavy atom. The van der Waals surface area contributed by atoms with Crippen LogP contribution in [0.2, 0.25) is 5.02 Å². The number of nitro benzene ring substituents is 1. The van der Waals surface area contributed by atoms with Crippen molar-refractivity contribution in [2.75, 3.05) is 0 Å². The number of hydrogen-bond donors (Lipinski definition) is 1. The van der Waals surface area contributed by atoms with E-state index >= 15 is 0 Å². The van der Waals surface area contributed by atoms with E-state index in [1.54, 1.807) is 18.2 Å². The van der Waals surface area contributed by atoms with Crippen LogP contribution >= 0.6 is 27.5 Å². The molecule has 178 valence electrons. The monoisotopic (exact) mass is 550 g/mol. The molecule has 0 amide bonds. The highest BCUT2D eigenvalue weighted by molar-refractivity contribution is 9.10. The molecule has 0 aliphatic carbocycles. The lowest BCUT2D eigenvalue weighted by atomic mass is 9.95. The Labute approximate surface area is 207 Å². The molecule has 0 fully saturated rings. The van der Waals surface area contributed by atoms with Crippen LogP contribution in [0, 0.1) is 10.1 Å². The SMILES string of the molecule is C[C@@H](Oc1c(Cl)cc(C=Nn2c(C(C)(C)C)nc3ccc(Br)cc3c2=O)cc1[N+](=O)[O-])C(=O)O. The molecule has 0 bridgehead atoms. The number of carboxylic acid groups (broad SMARTS) is 1.